The molecule has 0 saturated carbocycles. The zero-order valence-corrected chi connectivity index (χ0v) is 22.0. The lowest BCUT2D eigenvalue weighted by atomic mass is 10.0. The number of aromatic nitrogens is 2. The molecule has 8 nitrogen and oxygen atoms in total. The van der Waals surface area contributed by atoms with Crippen LogP contribution in [0.4, 0.5) is 23.1 Å². The number of nitrogens with one attached hydrogen (secondary N) is 3. The Balaban J connectivity index is 1.45. The molecule has 3 N–H and O–H groups in total. The second-order valence-corrected chi connectivity index (χ2v) is 9.97. The summed E-state index contributed by atoms with van der Waals surface area (Å²) >= 11 is 6.07. The number of ether oxygens (including phenoxy) is 1. The largest absolute Gasteiger partial charge is 0.383 e. The summed E-state index contributed by atoms with van der Waals surface area (Å²) in [5.74, 6) is 1.39. The molecule has 0 bridgehead atoms. The molecule has 0 aliphatic carbocycles. The van der Waals surface area contributed by atoms with E-state index in [2.05, 4.69) is 26.5 Å². The zero-order valence-electron chi connectivity index (χ0n) is 21.3. The fraction of sp³-hybridized carbons (Fsp3) is 0.393. The Morgan fingerprint density at radius 2 is 1.76 bits per heavy atom. The maximum absolute atomic E-state index is 8.28. The van der Waals surface area contributed by atoms with Gasteiger partial charge in [0.1, 0.15) is 5.82 Å². The number of morpholine rings is 1. The van der Waals surface area contributed by atoms with Gasteiger partial charge in [-0.15, -0.1) is 0 Å². The van der Waals surface area contributed by atoms with E-state index >= 15 is 0 Å². The van der Waals surface area contributed by atoms with Crippen LogP contribution in [0.5, 0.6) is 0 Å². The summed E-state index contributed by atoms with van der Waals surface area (Å²) in [5, 5.41) is 16.0. The summed E-state index contributed by atoms with van der Waals surface area (Å²) in [6.45, 7) is 8.84. The highest BCUT2D eigenvalue weighted by Crippen LogP contribution is 2.29. The minimum absolute atomic E-state index is 0.539. The first-order valence-electron chi connectivity index (χ1n) is 13.0. The highest BCUT2D eigenvalue weighted by molar-refractivity contribution is 6.30. The van der Waals surface area contributed by atoms with Gasteiger partial charge in [-0.05, 0) is 63.2 Å². The first-order chi connectivity index (χ1) is 18.0. The lowest BCUT2D eigenvalue weighted by Crippen LogP contribution is -2.37. The smallest absolute Gasteiger partial charge is 0.228 e. The van der Waals surface area contributed by atoms with Crippen LogP contribution in [0.1, 0.15) is 25.3 Å². The van der Waals surface area contributed by atoms with Gasteiger partial charge in [-0.1, -0.05) is 23.7 Å². The quantitative estimate of drug-likeness (QED) is 0.332. The summed E-state index contributed by atoms with van der Waals surface area (Å²) in [7, 11) is 0. The maximum Gasteiger partial charge on any atom is 0.228 e. The lowest BCUT2D eigenvalue weighted by Gasteiger charge is -2.27. The highest BCUT2D eigenvalue weighted by atomic mass is 35.5. The molecule has 194 valence electrons. The van der Waals surface area contributed by atoms with Gasteiger partial charge in [0.15, 0.2) is 0 Å². The van der Waals surface area contributed by atoms with E-state index in [9.17, 15) is 0 Å². The molecule has 0 amide bonds. The van der Waals surface area contributed by atoms with Crippen LogP contribution in [0.2, 0.25) is 5.02 Å². The predicted molar refractivity (Wildman–Crippen MR) is 152 cm³/mol. The molecule has 0 radical (unpaired) electrons. The number of rotatable bonds is 9. The molecule has 2 saturated heterocycles. The van der Waals surface area contributed by atoms with E-state index < -0.39 is 0 Å². The maximum atomic E-state index is 8.28. The Labute approximate surface area is 223 Å². The van der Waals surface area contributed by atoms with Gasteiger partial charge >= 0.3 is 0 Å². The van der Waals surface area contributed by atoms with Crippen LogP contribution in [0.15, 0.2) is 48.5 Å². The first kappa shape index (κ1) is 25.4. The molecule has 0 spiro atoms. The Bertz CT molecular complexity index is 1220. The number of hydrogen-bond donors (Lipinski definition) is 3. The second kappa shape index (κ2) is 11.9. The molecule has 9 heteroatoms. The van der Waals surface area contributed by atoms with Gasteiger partial charge in [0, 0.05) is 65.5 Å². The lowest BCUT2D eigenvalue weighted by molar-refractivity contribution is 0.122. The summed E-state index contributed by atoms with van der Waals surface area (Å²) in [6, 6.07) is 15.7. The minimum atomic E-state index is 0.539. The van der Waals surface area contributed by atoms with Crippen LogP contribution >= 0.6 is 11.6 Å². The van der Waals surface area contributed by atoms with E-state index in [4.69, 9.17) is 31.7 Å². The van der Waals surface area contributed by atoms with Gasteiger partial charge < -0.3 is 30.6 Å². The third-order valence-electron chi connectivity index (χ3n) is 6.79. The monoisotopic (exact) mass is 519 g/mol. The summed E-state index contributed by atoms with van der Waals surface area (Å²) in [5.41, 5.74) is 5.11. The van der Waals surface area contributed by atoms with Gasteiger partial charge in [0.05, 0.1) is 18.9 Å². The predicted octanol–water partition coefficient (Wildman–Crippen LogP) is 5.27. The molecule has 2 aromatic carbocycles. The van der Waals surface area contributed by atoms with Crippen molar-refractivity contribution in [3.63, 3.8) is 0 Å². The standard InChI is InChI=1S/C28H34ClN7O/c1-20(30)24-9-4-21(18-26(24)31-10-13-35-11-2-3-12-35)25-19-27(32-23-7-5-22(29)6-8-23)34-28(33-25)36-14-16-37-17-15-36/h4-9,18-19,30-31H,2-3,10-17H2,1H3,(H,32,33,34). The number of nitrogens with zero attached hydrogens (tertiary/aromatic N) is 4. The van der Waals surface area contributed by atoms with Crippen molar-refractivity contribution >= 4 is 40.5 Å². The number of halogens is 1. The van der Waals surface area contributed by atoms with Gasteiger partial charge in [0.25, 0.3) is 0 Å². The van der Waals surface area contributed by atoms with Gasteiger partial charge in [-0.2, -0.15) is 4.98 Å². The zero-order chi connectivity index (χ0) is 25.6. The van der Waals surface area contributed by atoms with Crippen LogP contribution in [0, 0.1) is 5.41 Å². The molecule has 2 aliphatic rings. The first-order valence-corrected chi connectivity index (χ1v) is 13.3. The van der Waals surface area contributed by atoms with E-state index in [1.165, 1.54) is 25.9 Å². The van der Waals surface area contributed by atoms with Crippen molar-refractivity contribution in [2.75, 3.05) is 68.0 Å². The summed E-state index contributed by atoms with van der Waals surface area (Å²) in [4.78, 5) is 14.4. The van der Waals surface area contributed by atoms with Crippen molar-refractivity contribution in [1.82, 2.24) is 14.9 Å². The van der Waals surface area contributed by atoms with Crippen LogP contribution in [-0.2, 0) is 4.74 Å². The van der Waals surface area contributed by atoms with E-state index in [1.807, 2.05) is 49.4 Å². The Morgan fingerprint density at radius 1 is 1.00 bits per heavy atom. The molecule has 37 heavy (non-hydrogen) atoms. The Hall–Kier alpha value is -3.20. The molecule has 5 rings (SSSR count). The van der Waals surface area contributed by atoms with Crippen LogP contribution in [-0.4, -0.2) is 73.1 Å². The van der Waals surface area contributed by atoms with Crippen molar-refractivity contribution in [2.45, 2.75) is 19.8 Å². The Kier molecular flexibility index (Phi) is 8.18. The average Bonchev–Trinajstić information content (AvgIpc) is 3.44. The SMILES string of the molecule is CC(=N)c1ccc(-c2cc(Nc3ccc(Cl)cc3)nc(N3CCOCC3)n2)cc1NCCN1CCCC1. The third kappa shape index (κ3) is 6.57. The van der Waals surface area contributed by atoms with Gasteiger partial charge in [-0.25, -0.2) is 4.98 Å². The number of anilines is 4. The Morgan fingerprint density at radius 3 is 2.49 bits per heavy atom. The molecule has 3 aromatic rings. The number of likely N-dealkylation sites (tertiary alicyclic amines) is 1. The minimum Gasteiger partial charge on any atom is -0.383 e. The van der Waals surface area contributed by atoms with Gasteiger partial charge in [-0.3, -0.25) is 0 Å². The number of benzene rings is 2. The van der Waals surface area contributed by atoms with Gasteiger partial charge in [0.2, 0.25) is 5.95 Å². The second-order valence-electron chi connectivity index (χ2n) is 9.53. The van der Waals surface area contributed by atoms with E-state index in [1.54, 1.807) is 0 Å². The van der Waals surface area contributed by atoms with Crippen molar-refractivity contribution in [3.8, 4) is 11.3 Å². The molecule has 1 aromatic heterocycles. The molecule has 3 heterocycles. The molecular weight excluding hydrogens is 486 g/mol. The fourth-order valence-corrected chi connectivity index (χ4v) is 4.89. The summed E-state index contributed by atoms with van der Waals surface area (Å²) < 4.78 is 5.54. The molecule has 2 fully saturated rings. The van der Waals surface area contributed by atoms with E-state index in [0.29, 0.717) is 35.7 Å². The van der Waals surface area contributed by atoms with Crippen molar-refractivity contribution in [1.29, 1.82) is 5.41 Å². The van der Waals surface area contributed by atoms with Crippen molar-refractivity contribution in [2.24, 2.45) is 0 Å². The molecule has 2 aliphatic heterocycles. The average molecular weight is 520 g/mol. The molecular formula is C28H34ClN7O. The fourth-order valence-electron chi connectivity index (χ4n) is 4.76. The van der Waals surface area contributed by atoms with Crippen LogP contribution in [0.25, 0.3) is 11.3 Å². The number of hydrogen-bond acceptors (Lipinski definition) is 8. The van der Waals surface area contributed by atoms with E-state index in [-0.39, 0.29) is 0 Å². The van der Waals surface area contributed by atoms with Crippen molar-refractivity contribution < 1.29 is 4.74 Å². The topological polar surface area (TPSA) is 89.4 Å². The summed E-state index contributed by atoms with van der Waals surface area (Å²) in [6.07, 6.45) is 2.57. The van der Waals surface area contributed by atoms with Crippen LogP contribution in [0.3, 0.4) is 0 Å². The normalized spacial score (nSPS) is 16.1. The molecule has 0 atom stereocenters. The van der Waals surface area contributed by atoms with Crippen LogP contribution < -0.4 is 15.5 Å². The highest BCUT2D eigenvalue weighted by Gasteiger charge is 2.18. The van der Waals surface area contributed by atoms with E-state index in [0.717, 1.165) is 54.4 Å². The molecule has 0 unspecified atom stereocenters. The third-order valence-corrected chi connectivity index (χ3v) is 7.04. The van der Waals surface area contributed by atoms with Crippen molar-refractivity contribution in [3.05, 3.63) is 59.1 Å².